The van der Waals surface area contributed by atoms with Gasteiger partial charge in [-0.3, -0.25) is 4.79 Å². The van der Waals surface area contributed by atoms with Crippen molar-refractivity contribution in [2.75, 3.05) is 0 Å². The molecular weight excluding hydrogens is 581 g/mol. The van der Waals surface area contributed by atoms with Gasteiger partial charge in [0.15, 0.2) is 0 Å². The monoisotopic (exact) mass is 598 g/mol. The summed E-state index contributed by atoms with van der Waals surface area (Å²) in [5.41, 5.74) is 0.255. The molecule has 0 bridgehead atoms. The molecule has 0 aliphatic carbocycles. The Morgan fingerprint density at radius 3 is 2.11 bits per heavy atom. The number of carboxylic acids is 1. The average Bonchev–Trinajstić information content (AvgIpc) is 2.31. The van der Waals surface area contributed by atoms with Gasteiger partial charge in [-0.05, 0) is 98.3 Å². The van der Waals surface area contributed by atoms with Crippen LogP contribution in [0.4, 0.5) is 0 Å². The van der Waals surface area contributed by atoms with E-state index in [9.17, 15) is 9.90 Å². The fourth-order valence-electron chi connectivity index (χ4n) is 2.32. The van der Waals surface area contributed by atoms with Crippen molar-refractivity contribution >= 4 is 73.7 Å². The molecular formula is C14H17I3O2. The van der Waals surface area contributed by atoms with Crippen molar-refractivity contribution in [2.45, 2.75) is 44.9 Å². The molecule has 1 atom stereocenters. The standard InChI is InChI=1S/C14H17I3O2/c1-3-5-6-14(4-2,13(18)19)12-10(16)7-9(15)8-11(12)17/h7-8H,3-6H2,1-2H3,(H,18,19). The molecule has 0 spiro atoms. The first kappa shape index (κ1) is 17.9. The zero-order chi connectivity index (χ0) is 14.6. The van der Waals surface area contributed by atoms with E-state index in [2.05, 4.69) is 86.8 Å². The molecule has 0 fully saturated rings. The Hall–Kier alpha value is 0.880. The summed E-state index contributed by atoms with van der Waals surface area (Å²) >= 11 is 6.82. The molecule has 106 valence electrons. The van der Waals surface area contributed by atoms with Crippen LogP contribution in [-0.4, -0.2) is 11.1 Å². The van der Waals surface area contributed by atoms with Gasteiger partial charge < -0.3 is 5.11 Å². The van der Waals surface area contributed by atoms with Gasteiger partial charge in [0.2, 0.25) is 0 Å². The zero-order valence-electron chi connectivity index (χ0n) is 11.0. The van der Waals surface area contributed by atoms with E-state index in [1.165, 1.54) is 0 Å². The van der Waals surface area contributed by atoms with Gasteiger partial charge in [-0.15, -0.1) is 0 Å². The second-order valence-corrected chi connectivity index (χ2v) is 8.16. The lowest BCUT2D eigenvalue weighted by Crippen LogP contribution is -2.37. The molecule has 1 rings (SSSR count). The third kappa shape index (κ3) is 3.96. The first-order valence-electron chi connectivity index (χ1n) is 6.27. The molecule has 0 aliphatic heterocycles. The van der Waals surface area contributed by atoms with E-state index in [4.69, 9.17) is 0 Å². The predicted molar refractivity (Wildman–Crippen MR) is 104 cm³/mol. The number of carbonyl (C=O) groups is 1. The summed E-state index contributed by atoms with van der Waals surface area (Å²) in [5.74, 6) is -0.694. The van der Waals surface area contributed by atoms with E-state index in [0.29, 0.717) is 12.8 Å². The number of benzene rings is 1. The lowest BCUT2D eigenvalue weighted by atomic mass is 9.74. The van der Waals surface area contributed by atoms with Crippen LogP contribution in [0.5, 0.6) is 0 Å². The summed E-state index contributed by atoms with van der Waals surface area (Å²) in [4.78, 5) is 11.9. The number of carboxylic acid groups (broad SMARTS) is 1. The number of hydrogen-bond donors (Lipinski definition) is 1. The van der Waals surface area contributed by atoms with Crippen molar-refractivity contribution in [1.82, 2.24) is 0 Å². The third-order valence-corrected chi connectivity index (χ3v) is 5.78. The van der Waals surface area contributed by atoms with Crippen molar-refractivity contribution in [2.24, 2.45) is 0 Å². The largest absolute Gasteiger partial charge is 0.481 e. The van der Waals surface area contributed by atoms with Gasteiger partial charge in [0.05, 0.1) is 5.41 Å². The van der Waals surface area contributed by atoms with E-state index in [1.807, 2.05) is 6.92 Å². The van der Waals surface area contributed by atoms with Crippen LogP contribution in [-0.2, 0) is 10.2 Å². The lowest BCUT2D eigenvalue weighted by Gasteiger charge is -2.31. The lowest BCUT2D eigenvalue weighted by molar-refractivity contribution is -0.144. The van der Waals surface area contributed by atoms with E-state index < -0.39 is 11.4 Å². The Bertz CT molecular complexity index is 451. The Balaban J connectivity index is 3.44. The van der Waals surface area contributed by atoms with Gasteiger partial charge >= 0.3 is 5.97 Å². The summed E-state index contributed by atoms with van der Waals surface area (Å²) in [6.45, 7) is 4.08. The van der Waals surface area contributed by atoms with Gasteiger partial charge in [0.25, 0.3) is 0 Å². The van der Waals surface area contributed by atoms with Crippen molar-refractivity contribution < 1.29 is 9.90 Å². The molecule has 5 heteroatoms. The number of hydrogen-bond acceptors (Lipinski definition) is 1. The highest BCUT2D eigenvalue weighted by molar-refractivity contribution is 14.1. The molecule has 0 saturated heterocycles. The Morgan fingerprint density at radius 1 is 1.21 bits per heavy atom. The number of aliphatic carboxylic acids is 1. The van der Waals surface area contributed by atoms with E-state index >= 15 is 0 Å². The molecule has 0 aliphatic rings. The molecule has 0 saturated carbocycles. The summed E-state index contributed by atoms with van der Waals surface area (Å²) in [6, 6.07) is 4.13. The minimum Gasteiger partial charge on any atom is -0.481 e. The topological polar surface area (TPSA) is 37.3 Å². The Labute approximate surface area is 155 Å². The highest BCUT2D eigenvalue weighted by Crippen LogP contribution is 2.40. The Morgan fingerprint density at radius 2 is 1.74 bits per heavy atom. The maximum atomic E-state index is 11.9. The molecule has 0 radical (unpaired) electrons. The molecule has 0 heterocycles. The molecule has 0 aromatic heterocycles. The minimum atomic E-state index is -0.743. The minimum absolute atomic E-state index is 0.634. The Kier molecular flexibility index (Phi) is 7.33. The quantitative estimate of drug-likeness (QED) is 0.445. The fraction of sp³-hybridized carbons (Fsp3) is 0.500. The third-order valence-electron chi connectivity index (χ3n) is 3.46. The second kappa shape index (κ2) is 7.77. The zero-order valence-corrected chi connectivity index (χ0v) is 17.4. The van der Waals surface area contributed by atoms with Gasteiger partial charge in [-0.25, -0.2) is 0 Å². The number of unbranched alkanes of at least 4 members (excludes halogenated alkanes) is 1. The second-order valence-electron chi connectivity index (χ2n) is 4.59. The van der Waals surface area contributed by atoms with Gasteiger partial charge in [0.1, 0.15) is 0 Å². The molecule has 1 unspecified atom stereocenters. The van der Waals surface area contributed by atoms with Crippen LogP contribution in [0.1, 0.15) is 45.1 Å². The van der Waals surface area contributed by atoms with E-state index in [0.717, 1.165) is 29.1 Å². The SMILES string of the molecule is CCCCC(CC)(C(=O)O)c1c(I)cc(I)cc1I. The van der Waals surface area contributed by atoms with Gasteiger partial charge in [-0.1, -0.05) is 26.7 Å². The highest BCUT2D eigenvalue weighted by Gasteiger charge is 2.40. The summed E-state index contributed by atoms with van der Waals surface area (Å²) in [6.07, 6.45) is 3.31. The smallest absolute Gasteiger partial charge is 0.314 e. The summed E-state index contributed by atoms with van der Waals surface area (Å²) < 4.78 is 3.28. The van der Waals surface area contributed by atoms with E-state index in [1.54, 1.807) is 0 Å². The normalized spacial score (nSPS) is 14.2. The van der Waals surface area contributed by atoms with Crippen LogP contribution < -0.4 is 0 Å². The van der Waals surface area contributed by atoms with Crippen LogP contribution in [0, 0.1) is 10.7 Å². The summed E-state index contributed by atoms with van der Waals surface area (Å²) in [5, 5.41) is 9.81. The average molecular weight is 598 g/mol. The summed E-state index contributed by atoms with van der Waals surface area (Å²) in [7, 11) is 0. The van der Waals surface area contributed by atoms with Crippen LogP contribution in [0.2, 0.25) is 0 Å². The maximum absolute atomic E-state index is 11.9. The molecule has 1 aromatic carbocycles. The molecule has 19 heavy (non-hydrogen) atoms. The molecule has 2 nitrogen and oxygen atoms in total. The van der Waals surface area contributed by atoms with Crippen LogP contribution in [0.15, 0.2) is 12.1 Å². The number of halogens is 3. The van der Waals surface area contributed by atoms with Gasteiger partial charge in [0, 0.05) is 10.7 Å². The highest BCUT2D eigenvalue weighted by atomic mass is 127. The first-order chi connectivity index (χ1) is 8.89. The van der Waals surface area contributed by atoms with E-state index in [-0.39, 0.29) is 0 Å². The van der Waals surface area contributed by atoms with Crippen molar-refractivity contribution in [3.05, 3.63) is 28.4 Å². The van der Waals surface area contributed by atoms with Crippen molar-refractivity contribution in [1.29, 1.82) is 0 Å². The molecule has 1 N–H and O–H groups in total. The molecule has 0 amide bonds. The maximum Gasteiger partial charge on any atom is 0.314 e. The van der Waals surface area contributed by atoms with Gasteiger partial charge in [-0.2, -0.15) is 0 Å². The first-order valence-corrected chi connectivity index (χ1v) is 9.51. The van der Waals surface area contributed by atoms with Crippen LogP contribution in [0.25, 0.3) is 0 Å². The number of rotatable bonds is 6. The van der Waals surface area contributed by atoms with Crippen LogP contribution in [0.3, 0.4) is 0 Å². The fourth-order valence-corrected chi connectivity index (χ4v) is 6.94. The predicted octanol–water partition coefficient (Wildman–Crippen LogP) is 5.42. The van der Waals surface area contributed by atoms with Crippen LogP contribution >= 0.6 is 67.8 Å². The van der Waals surface area contributed by atoms with Crippen molar-refractivity contribution in [3.8, 4) is 0 Å². The molecule has 1 aromatic rings. The van der Waals surface area contributed by atoms with Crippen molar-refractivity contribution in [3.63, 3.8) is 0 Å².